The monoisotopic (exact) mass is 146 g/mol. The number of rotatable bonds is 6. The van der Waals surface area contributed by atoms with Crippen LogP contribution in [0.4, 0.5) is 0 Å². The quantitative estimate of drug-likeness (QED) is 0.415. The second kappa shape index (κ2) is 7.06. The average molecular weight is 146 g/mol. The van der Waals surface area contributed by atoms with Gasteiger partial charge in [0.2, 0.25) is 0 Å². The van der Waals surface area contributed by atoms with E-state index in [1.165, 1.54) is 0 Å². The molecule has 0 aliphatic heterocycles. The molecule has 0 bridgehead atoms. The maximum atomic E-state index is 8.34. The molecule has 0 saturated heterocycles. The lowest BCUT2D eigenvalue weighted by molar-refractivity contribution is 0.149. The Morgan fingerprint density at radius 2 is 2.00 bits per heavy atom. The van der Waals surface area contributed by atoms with Crippen LogP contribution in [0.25, 0.3) is 0 Å². The Balaban J connectivity index is 2.77. The van der Waals surface area contributed by atoms with Crippen LogP contribution in [0.2, 0.25) is 0 Å². The first-order valence-electron chi connectivity index (χ1n) is 3.71. The van der Waals surface area contributed by atoms with Gasteiger partial charge in [0, 0.05) is 6.61 Å². The van der Waals surface area contributed by atoms with Crippen molar-refractivity contribution in [2.24, 2.45) is 0 Å². The van der Waals surface area contributed by atoms with Gasteiger partial charge in [0.05, 0.1) is 6.51 Å². The van der Waals surface area contributed by atoms with Gasteiger partial charge >= 0.3 is 7.12 Å². The molecule has 0 rings (SSSR count). The summed E-state index contributed by atoms with van der Waals surface area (Å²) in [6.45, 7) is 2.77. The Labute approximate surface area is 62.2 Å². The third-order valence-corrected chi connectivity index (χ3v) is 1.16. The normalized spacial score (nSPS) is 9.90. The average Bonchev–Trinajstić information content (AvgIpc) is 1.87. The van der Waals surface area contributed by atoms with Gasteiger partial charge in [-0.05, 0) is 6.42 Å². The molecule has 3 nitrogen and oxygen atoms in total. The zero-order chi connectivity index (χ0) is 7.82. The van der Waals surface area contributed by atoms with Gasteiger partial charge in [0.25, 0.3) is 0 Å². The van der Waals surface area contributed by atoms with E-state index in [9.17, 15) is 0 Å². The standard InChI is InChI=1S/C6H15BO3/c1-2-3-4-5-10-6-7(8)9/h8-9H,2-6H2,1H3. The maximum absolute atomic E-state index is 8.34. The molecule has 0 aliphatic rings. The first kappa shape index (κ1) is 9.94. The van der Waals surface area contributed by atoms with Gasteiger partial charge in [0.1, 0.15) is 0 Å². The topological polar surface area (TPSA) is 49.7 Å². The molecule has 2 N–H and O–H groups in total. The largest absolute Gasteiger partial charge is 0.479 e. The van der Waals surface area contributed by atoms with E-state index in [0.717, 1.165) is 19.3 Å². The van der Waals surface area contributed by atoms with Crippen molar-refractivity contribution in [1.29, 1.82) is 0 Å². The molecule has 0 aromatic carbocycles. The van der Waals surface area contributed by atoms with E-state index in [-0.39, 0.29) is 6.51 Å². The third kappa shape index (κ3) is 7.94. The highest BCUT2D eigenvalue weighted by molar-refractivity contribution is 6.40. The predicted molar refractivity (Wildman–Crippen MR) is 40.5 cm³/mol. The Kier molecular flexibility index (Phi) is 7.02. The molecule has 0 aromatic heterocycles. The van der Waals surface area contributed by atoms with Crippen molar-refractivity contribution in [3.05, 3.63) is 0 Å². The van der Waals surface area contributed by atoms with E-state index in [1.54, 1.807) is 0 Å². The van der Waals surface area contributed by atoms with Crippen molar-refractivity contribution >= 4 is 7.12 Å². The van der Waals surface area contributed by atoms with Crippen molar-refractivity contribution in [3.63, 3.8) is 0 Å². The first-order chi connectivity index (χ1) is 4.77. The molecule has 0 amide bonds. The lowest BCUT2D eigenvalue weighted by Gasteiger charge is -2.00. The lowest BCUT2D eigenvalue weighted by atomic mass is 9.95. The van der Waals surface area contributed by atoms with Crippen molar-refractivity contribution in [3.8, 4) is 0 Å². The maximum Gasteiger partial charge on any atom is 0.479 e. The van der Waals surface area contributed by atoms with Gasteiger partial charge in [-0.2, -0.15) is 0 Å². The summed E-state index contributed by atoms with van der Waals surface area (Å²) in [6, 6.07) is 0. The zero-order valence-corrected chi connectivity index (χ0v) is 6.42. The lowest BCUT2D eigenvalue weighted by Crippen LogP contribution is -2.20. The van der Waals surface area contributed by atoms with Crippen LogP contribution in [0.15, 0.2) is 0 Å². The van der Waals surface area contributed by atoms with E-state index < -0.39 is 7.12 Å². The van der Waals surface area contributed by atoms with Crippen molar-refractivity contribution in [1.82, 2.24) is 0 Å². The minimum absolute atomic E-state index is 0.0315. The first-order valence-corrected chi connectivity index (χ1v) is 3.71. The van der Waals surface area contributed by atoms with Crippen LogP contribution in [-0.2, 0) is 4.74 Å². The summed E-state index contributed by atoms with van der Waals surface area (Å²) >= 11 is 0. The third-order valence-electron chi connectivity index (χ3n) is 1.16. The highest BCUT2D eigenvalue weighted by Crippen LogP contribution is 1.93. The van der Waals surface area contributed by atoms with Crippen LogP contribution in [0.5, 0.6) is 0 Å². The number of hydrogen-bond donors (Lipinski definition) is 2. The molecule has 0 radical (unpaired) electrons. The predicted octanol–water partition coefficient (Wildman–Crippen LogP) is 0.205. The Hall–Kier alpha value is -0.0551. The number of unbranched alkanes of at least 4 members (excludes halogenated alkanes) is 2. The van der Waals surface area contributed by atoms with Gasteiger partial charge in [-0.1, -0.05) is 19.8 Å². The van der Waals surface area contributed by atoms with Crippen molar-refractivity contribution in [2.75, 3.05) is 13.1 Å². The minimum Gasteiger partial charge on any atom is -0.426 e. The number of ether oxygens (including phenoxy) is 1. The van der Waals surface area contributed by atoms with Gasteiger partial charge in [0.15, 0.2) is 0 Å². The van der Waals surface area contributed by atoms with Crippen LogP contribution in [0.3, 0.4) is 0 Å². The Morgan fingerprint density at radius 1 is 1.30 bits per heavy atom. The summed E-state index contributed by atoms with van der Waals surface area (Å²) < 4.78 is 4.90. The van der Waals surface area contributed by atoms with Gasteiger partial charge < -0.3 is 14.8 Å². The van der Waals surface area contributed by atoms with Crippen LogP contribution >= 0.6 is 0 Å². The molecule has 0 fully saturated rings. The molecule has 0 heterocycles. The molecular formula is C6H15BO3. The molecule has 0 spiro atoms. The Morgan fingerprint density at radius 3 is 2.50 bits per heavy atom. The van der Waals surface area contributed by atoms with E-state index >= 15 is 0 Å². The van der Waals surface area contributed by atoms with E-state index in [4.69, 9.17) is 14.8 Å². The smallest absolute Gasteiger partial charge is 0.426 e. The summed E-state index contributed by atoms with van der Waals surface area (Å²) in [5, 5.41) is 16.7. The highest BCUT2D eigenvalue weighted by Gasteiger charge is 2.04. The molecule has 0 aliphatic carbocycles. The molecular weight excluding hydrogens is 131 g/mol. The molecule has 0 atom stereocenters. The van der Waals surface area contributed by atoms with Crippen LogP contribution in [-0.4, -0.2) is 30.3 Å². The van der Waals surface area contributed by atoms with Gasteiger partial charge in [-0.15, -0.1) is 0 Å². The van der Waals surface area contributed by atoms with Crippen molar-refractivity contribution in [2.45, 2.75) is 26.2 Å². The minimum atomic E-state index is -1.32. The molecule has 4 heteroatoms. The molecule has 60 valence electrons. The SMILES string of the molecule is CCCCCOCB(O)O. The van der Waals surface area contributed by atoms with Crippen LogP contribution in [0, 0.1) is 0 Å². The molecule has 0 unspecified atom stereocenters. The fraction of sp³-hybridized carbons (Fsp3) is 1.00. The summed E-state index contributed by atoms with van der Waals surface area (Å²) in [7, 11) is -1.32. The summed E-state index contributed by atoms with van der Waals surface area (Å²) in [6.07, 6.45) is 3.30. The van der Waals surface area contributed by atoms with E-state index in [2.05, 4.69) is 6.92 Å². The molecule has 10 heavy (non-hydrogen) atoms. The van der Waals surface area contributed by atoms with Crippen LogP contribution in [0.1, 0.15) is 26.2 Å². The van der Waals surface area contributed by atoms with E-state index in [1.807, 2.05) is 0 Å². The van der Waals surface area contributed by atoms with Gasteiger partial charge in [-0.3, -0.25) is 0 Å². The fourth-order valence-electron chi connectivity index (χ4n) is 0.643. The van der Waals surface area contributed by atoms with Gasteiger partial charge in [-0.25, -0.2) is 0 Å². The summed E-state index contributed by atoms with van der Waals surface area (Å²) in [5.74, 6) is 0. The Bertz CT molecular complexity index is 68.0. The summed E-state index contributed by atoms with van der Waals surface area (Å²) in [5.41, 5.74) is 0. The summed E-state index contributed by atoms with van der Waals surface area (Å²) in [4.78, 5) is 0. The van der Waals surface area contributed by atoms with Crippen LogP contribution < -0.4 is 0 Å². The fourth-order valence-corrected chi connectivity index (χ4v) is 0.643. The highest BCUT2D eigenvalue weighted by atomic mass is 16.5. The second-order valence-corrected chi connectivity index (χ2v) is 2.26. The molecule has 0 aromatic rings. The second-order valence-electron chi connectivity index (χ2n) is 2.26. The molecule has 0 saturated carbocycles. The van der Waals surface area contributed by atoms with Crippen molar-refractivity contribution < 1.29 is 14.8 Å². The zero-order valence-electron chi connectivity index (χ0n) is 6.42. The van der Waals surface area contributed by atoms with E-state index in [0.29, 0.717) is 6.61 Å². The number of hydrogen-bond acceptors (Lipinski definition) is 3.